The van der Waals surface area contributed by atoms with E-state index in [-0.39, 0.29) is 17.5 Å². The predicted octanol–water partition coefficient (Wildman–Crippen LogP) is 3.06. The van der Waals surface area contributed by atoms with Crippen LogP contribution in [0.15, 0.2) is 18.3 Å². The molecule has 0 bridgehead atoms. The third-order valence-electron chi connectivity index (χ3n) is 3.19. The lowest BCUT2D eigenvalue weighted by Gasteiger charge is -2.21. The second-order valence-corrected chi connectivity index (χ2v) is 6.90. The number of hydrogen-bond donors (Lipinski definition) is 1. The van der Waals surface area contributed by atoms with Gasteiger partial charge in [-0.15, -0.1) is 0 Å². The van der Waals surface area contributed by atoms with E-state index in [0.717, 1.165) is 25.7 Å². The van der Waals surface area contributed by atoms with E-state index in [9.17, 15) is 8.42 Å². The lowest BCUT2D eigenvalue weighted by molar-refractivity contribution is 0.385. The molecule has 1 aromatic heterocycles. The Hall–Kier alpha value is -0.810. The lowest BCUT2D eigenvalue weighted by atomic mass is 9.91. The Morgan fingerprint density at radius 1 is 1.33 bits per heavy atom. The van der Waals surface area contributed by atoms with Gasteiger partial charge in [0.1, 0.15) is 0 Å². The minimum Gasteiger partial charge on any atom is -0.266 e. The Morgan fingerprint density at radius 3 is 2.72 bits per heavy atom. The van der Waals surface area contributed by atoms with Gasteiger partial charge in [-0.2, -0.15) is 0 Å². The van der Waals surface area contributed by atoms with Gasteiger partial charge in [-0.25, -0.2) is 13.4 Å². The van der Waals surface area contributed by atoms with Crippen molar-refractivity contribution in [1.29, 1.82) is 0 Å². The molecule has 1 aromatic rings. The van der Waals surface area contributed by atoms with Crippen molar-refractivity contribution in [3.8, 4) is 0 Å². The van der Waals surface area contributed by atoms with Crippen molar-refractivity contribution < 1.29 is 8.42 Å². The average Bonchev–Trinajstić information content (AvgIpc) is 2.32. The molecule has 0 atom stereocenters. The molecule has 1 N–H and O–H groups in total. The highest BCUT2D eigenvalue weighted by Crippen LogP contribution is 2.26. The molecule has 2 rings (SSSR count). The summed E-state index contributed by atoms with van der Waals surface area (Å²) in [6, 6.07) is 3.29. The number of pyridine rings is 1. The fourth-order valence-corrected chi connectivity index (χ4v) is 4.03. The van der Waals surface area contributed by atoms with E-state index in [2.05, 4.69) is 9.71 Å². The monoisotopic (exact) mass is 288 g/mol. The van der Waals surface area contributed by atoms with Crippen LogP contribution in [0.3, 0.4) is 0 Å². The van der Waals surface area contributed by atoms with Crippen LogP contribution in [0.2, 0.25) is 5.02 Å². The van der Waals surface area contributed by atoms with Crippen molar-refractivity contribution >= 4 is 27.4 Å². The number of sulfonamides is 1. The van der Waals surface area contributed by atoms with Crippen molar-refractivity contribution in [3.63, 3.8) is 0 Å². The van der Waals surface area contributed by atoms with Crippen LogP contribution < -0.4 is 4.72 Å². The third-order valence-corrected chi connectivity index (χ3v) is 4.91. The molecule has 0 saturated heterocycles. The summed E-state index contributed by atoms with van der Waals surface area (Å²) in [5.74, 6) is 0.647. The largest absolute Gasteiger partial charge is 0.266 e. The minimum absolute atomic E-state index is 0.167. The highest BCUT2D eigenvalue weighted by molar-refractivity contribution is 7.92. The third kappa shape index (κ3) is 3.85. The highest BCUT2D eigenvalue weighted by Gasteiger charge is 2.22. The number of aromatic nitrogens is 1. The van der Waals surface area contributed by atoms with Crippen LogP contribution in [0, 0.1) is 5.92 Å². The molecule has 1 aliphatic rings. The quantitative estimate of drug-likeness (QED) is 0.926. The zero-order valence-electron chi connectivity index (χ0n) is 10.1. The van der Waals surface area contributed by atoms with E-state index >= 15 is 0 Å². The summed E-state index contributed by atoms with van der Waals surface area (Å²) >= 11 is 5.88. The molecule has 0 aliphatic heterocycles. The maximum Gasteiger partial charge on any atom is 0.234 e. The van der Waals surface area contributed by atoms with Gasteiger partial charge in [0, 0.05) is 6.20 Å². The van der Waals surface area contributed by atoms with Gasteiger partial charge in [0.25, 0.3) is 0 Å². The summed E-state index contributed by atoms with van der Waals surface area (Å²) in [6.45, 7) is 0. The number of anilines is 1. The second-order valence-electron chi connectivity index (χ2n) is 4.72. The van der Waals surface area contributed by atoms with Crippen LogP contribution in [-0.4, -0.2) is 19.2 Å². The van der Waals surface area contributed by atoms with Gasteiger partial charge in [0.15, 0.2) is 5.82 Å². The number of rotatable bonds is 4. The predicted molar refractivity (Wildman–Crippen MR) is 73.2 cm³/mol. The first kappa shape index (κ1) is 13.6. The first-order chi connectivity index (χ1) is 8.57. The summed E-state index contributed by atoms with van der Waals surface area (Å²) in [6.07, 6.45) is 6.99. The summed E-state index contributed by atoms with van der Waals surface area (Å²) in [5, 5.41) is 0.324. The molecule has 1 fully saturated rings. The average molecular weight is 289 g/mol. The Morgan fingerprint density at radius 2 is 2.06 bits per heavy atom. The molecule has 1 saturated carbocycles. The van der Waals surface area contributed by atoms with Crippen LogP contribution in [0.25, 0.3) is 0 Å². The molecule has 6 heteroatoms. The van der Waals surface area contributed by atoms with Gasteiger partial charge in [0.2, 0.25) is 10.0 Å². The fourth-order valence-electron chi connectivity index (χ4n) is 2.31. The second kappa shape index (κ2) is 5.89. The number of nitrogens with zero attached hydrogens (tertiary/aromatic N) is 1. The maximum atomic E-state index is 12.0. The Bertz CT molecular complexity index is 499. The van der Waals surface area contributed by atoms with E-state index < -0.39 is 10.0 Å². The number of hydrogen-bond acceptors (Lipinski definition) is 3. The molecule has 0 radical (unpaired) electrons. The molecule has 18 heavy (non-hydrogen) atoms. The summed E-state index contributed by atoms with van der Waals surface area (Å²) < 4.78 is 26.5. The molecular weight excluding hydrogens is 272 g/mol. The summed E-state index contributed by atoms with van der Waals surface area (Å²) in [4.78, 5) is 3.93. The van der Waals surface area contributed by atoms with Crippen LogP contribution in [0.1, 0.15) is 32.1 Å². The standard InChI is InChI=1S/C12H17ClN2O2S/c13-11-7-4-8-14-12(11)15-18(16,17)9-10-5-2-1-3-6-10/h4,7-8,10H,1-3,5-6,9H2,(H,14,15). The van der Waals surface area contributed by atoms with E-state index in [0.29, 0.717) is 5.02 Å². The maximum absolute atomic E-state index is 12.0. The molecule has 1 heterocycles. The molecule has 0 aromatic carbocycles. The summed E-state index contributed by atoms with van der Waals surface area (Å²) in [7, 11) is -3.35. The van der Waals surface area contributed by atoms with E-state index in [1.807, 2.05) is 0 Å². The van der Waals surface area contributed by atoms with Crippen LogP contribution in [-0.2, 0) is 10.0 Å². The van der Waals surface area contributed by atoms with Gasteiger partial charge < -0.3 is 0 Å². The molecule has 0 spiro atoms. The van der Waals surface area contributed by atoms with Crippen LogP contribution in [0.4, 0.5) is 5.82 Å². The van der Waals surface area contributed by atoms with Crippen LogP contribution in [0.5, 0.6) is 0 Å². The van der Waals surface area contributed by atoms with Crippen molar-refractivity contribution in [1.82, 2.24) is 4.98 Å². The zero-order valence-corrected chi connectivity index (χ0v) is 11.7. The SMILES string of the molecule is O=S(=O)(CC1CCCCC1)Nc1ncccc1Cl. The van der Waals surface area contributed by atoms with Crippen molar-refractivity contribution in [3.05, 3.63) is 23.4 Å². The fraction of sp³-hybridized carbons (Fsp3) is 0.583. The smallest absolute Gasteiger partial charge is 0.234 e. The van der Waals surface area contributed by atoms with E-state index in [1.165, 1.54) is 12.6 Å². The van der Waals surface area contributed by atoms with Gasteiger partial charge in [-0.05, 0) is 30.9 Å². The first-order valence-electron chi connectivity index (χ1n) is 6.18. The topological polar surface area (TPSA) is 59.1 Å². The molecule has 1 aliphatic carbocycles. The molecular formula is C12H17ClN2O2S. The Kier molecular flexibility index (Phi) is 4.45. The summed E-state index contributed by atoms with van der Waals surface area (Å²) in [5.41, 5.74) is 0. The Balaban J connectivity index is 2.01. The molecule has 100 valence electrons. The zero-order chi connectivity index (χ0) is 13.0. The molecule has 0 amide bonds. The van der Waals surface area contributed by atoms with E-state index in [1.54, 1.807) is 12.1 Å². The number of halogens is 1. The minimum atomic E-state index is -3.35. The first-order valence-corrected chi connectivity index (χ1v) is 8.21. The van der Waals surface area contributed by atoms with Crippen molar-refractivity contribution in [2.75, 3.05) is 10.5 Å². The molecule has 4 nitrogen and oxygen atoms in total. The highest BCUT2D eigenvalue weighted by atomic mass is 35.5. The lowest BCUT2D eigenvalue weighted by Crippen LogP contribution is -2.24. The van der Waals surface area contributed by atoms with Gasteiger partial charge in [-0.3, -0.25) is 4.72 Å². The molecule has 0 unspecified atom stereocenters. The van der Waals surface area contributed by atoms with Crippen molar-refractivity contribution in [2.24, 2.45) is 5.92 Å². The normalized spacial score (nSPS) is 17.6. The van der Waals surface area contributed by atoms with Crippen LogP contribution >= 0.6 is 11.6 Å². The number of nitrogens with one attached hydrogen (secondary N) is 1. The van der Waals surface area contributed by atoms with Gasteiger partial charge in [-0.1, -0.05) is 30.9 Å². The van der Waals surface area contributed by atoms with Gasteiger partial charge in [0.05, 0.1) is 10.8 Å². The van der Waals surface area contributed by atoms with E-state index in [4.69, 9.17) is 11.6 Å². The Labute approximate surface area is 113 Å². The van der Waals surface area contributed by atoms with Crippen molar-refractivity contribution in [2.45, 2.75) is 32.1 Å². The van der Waals surface area contributed by atoms with Gasteiger partial charge >= 0.3 is 0 Å².